The summed E-state index contributed by atoms with van der Waals surface area (Å²) in [7, 11) is 0. The van der Waals surface area contributed by atoms with Crippen molar-refractivity contribution in [2.24, 2.45) is 0 Å². The van der Waals surface area contributed by atoms with Crippen molar-refractivity contribution >= 4 is 23.3 Å². The summed E-state index contributed by atoms with van der Waals surface area (Å²) in [5.41, 5.74) is 2.41. The van der Waals surface area contributed by atoms with Crippen LogP contribution in [0.5, 0.6) is 11.5 Å². The first-order valence-electron chi connectivity index (χ1n) is 11.6. The maximum Gasteiger partial charge on any atom is 0.253 e. The van der Waals surface area contributed by atoms with Gasteiger partial charge < -0.3 is 24.4 Å². The number of pyridine rings is 1. The Morgan fingerprint density at radius 3 is 2.74 bits per heavy atom. The normalized spacial score (nSPS) is 13.4. The van der Waals surface area contributed by atoms with Crippen LogP contribution in [0.25, 0.3) is 11.3 Å². The van der Waals surface area contributed by atoms with Crippen molar-refractivity contribution in [3.8, 4) is 22.8 Å². The molecule has 0 saturated carbocycles. The van der Waals surface area contributed by atoms with E-state index in [4.69, 9.17) is 25.8 Å². The van der Waals surface area contributed by atoms with Crippen molar-refractivity contribution in [2.75, 3.05) is 44.4 Å². The lowest BCUT2D eigenvalue weighted by Gasteiger charge is -2.29. The first-order chi connectivity index (χ1) is 17.1. The molecular weight excluding hydrogens is 470 g/mol. The molecule has 3 heterocycles. The summed E-state index contributed by atoms with van der Waals surface area (Å²) in [6.07, 6.45) is 3.19. The number of anilines is 1. The molecule has 0 atom stereocenters. The molecule has 35 heavy (non-hydrogen) atoms. The van der Waals surface area contributed by atoms with Gasteiger partial charge in [0.15, 0.2) is 5.75 Å². The van der Waals surface area contributed by atoms with Crippen LogP contribution in [0.2, 0.25) is 5.02 Å². The van der Waals surface area contributed by atoms with E-state index in [2.05, 4.69) is 25.4 Å². The van der Waals surface area contributed by atoms with E-state index in [9.17, 15) is 4.79 Å². The molecule has 0 spiro atoms. The van der Waals surface area contributed by atoms with Crippen LogP contribution in [0.1, 0.15) is 29.8 Å². The number of benzene rings is 1. The molecule has 10 heteroatoms. The molecule has 184 valence electrons. The number of aromatic nitrogens is 3. The Morgan fingerprint density at radius 1 is 1.17 bits per heavy atom. The third kappa shape index (κ3) is 5.80. The Labute approximate surface area is 209 Å². The summed E-state index contributed by atoms with van der Waals surface area (Å²) < 4.78 is 16.8. The number of hydrogen-bond acceptors (Lipinski definition) is 8. The van der Waals surface area contributed by atoms with Crippen molar-refractivity contribution in [1.82, 2.24) is 20.5 Å². The van der Waals surface area contributed by atoms with Crippen LogP contribution in [0.3, 0.4) is 0 Å². The van der Waals surface area contributed by atoms with E-state index < -0.39 is 0 Å². The summed E-state index contributed by atoms with van der Waals surface area (Å²) >= 11 is 6.52. The summed E-state index contributed by atoms with van der Waals surface area (Å²) in [5, 5.41) is 11.6. The fraction of sp³-hybridized carbons (Fsp3) is 0.360. The van der Waals surface area contributed by atoms with Gasteiger partial charge in [-0.2, -0.15) is 10.2 Å². The lowest BCUT2D eigenvalue weighted by atomic mass is 10.1. The molecule has 1 N–H and O–H groups in total. The topological polar surface area (TPSA) is 98.7 Å². The van der Waals surface area contributed by atoms with Crippen LogP contribution >= 0.6 is 11.6 Å². The zero-order valence-electron chi connectivity index (χ0n) is 19.8. The second kappa shape index (κ2) is 11.8. The first kappa shape index (κ1) is 24.7. The van der Waals surface area contributed by atoms with Crippen LogP contribution in [0, 0.1) is 0 Å². The predicted octanol–water partition coefficient (Wildman–Crippen LogP) is 3.76. The molecule has 3 aromatic rings. The average Bonchev–Trinajstić information content (AvgIpc) is 2.90. The SMILES string of the molecule is CCOc1ccc(-c2cc(C(=O)NCc3cccnc3N3CCOCC3)cnn2)c(OCC)c1Cl. The molecule has 1 aromatic carbocycles. The Morgan fingerprint density at radius 2 is 1.97 bits per heavy atom. The summed E-state index contributed by atoms with van der Waals surface area (Å²) in [6.45, 7) is 7.82. The van der Waals surface area contributed by atoms with E-state index in [0.29, 0.717) is 66.3 Å². The number of hydrogen-bond donors (Lipinski definition) is 1. The summed E-state index contributed by atoms with van der Waals surface area (Å²) in [6, 6.07) is 9.06. The van der Waals surface area contributed by atoms with E-state index in [1.54, 1.807) is 24.4 Å². The average molecular weight is 498 g/mol. The molecule has 1 saturated heterocycles. The fourth-order valence-electron chi connectivity index (χ4n) is 3.82. The largest absolute Gasteiger partial charge is 0.492 e. The Bertz CT molecular complexity index is 1170. The number of rotatable bonds is 9. The standard InChI is InChI=1S/C25H28ClN5O4/c1-3-34-21-8-7-19(23(22(21)26)35-4-2)20-14-18(16-29-30-20)25(32)28-15-17-6-5-9-27-24(17)31-10-12-33-13-11-31/h5-9,14,16H,3-4,10-13,15H2,1-2H3,(H,28,32). The Hall–Kier alpha value is -3.43. The molecule has 0 unspecified atom stereocenters. The highest BCUT2D eigenvalue weighted by Crippen LogP contribution is 2.41. The number of carbonyl (C=O) groups is 1. The molecule has 1 aliphatic heterocycles. The number of carbonyl (C=O) groups excluding carboxylic acids is 1. The lowest BCUT2D eigenvalue weighted by Crippen LogP contribution is -2.37. The van der Waals surface area contributed by atoms with Gasteiger partial charge in [-0.3, -0.25) is 4.79 Å². The monoisotopic (exact) mass is 497 g/mol. The Balaban J connectivity index is 1.53. The van der Waals surface area contributed by atoms with Crippen LogP contribution in [0.4, 0.5) is 5.82 Å². The van der Waals surface area contributed by atoms with Gasteiger partial charge in [-0.05, 0) is 38.1 Å². The third-order valence-electron chi connectivity index (χ3n) is 5.46. The molecule has 1 aliphatic rings. The minimum Gasteiger partial charge on any atom is -0.492 e. The van der Waals surface area contributed by atoms with Gasteiger partial charge in [-0.25, -0.2) is 4.98 Å². The predicted molar refractivity (Wildman–Crippen MR) is 133 cm³/mol. The molecule has 9 nitrogen and oxygen atoms in total. The second-order valence-corrected chi connectivity index (χ2v) is 8.10. The molecule has 0 radical (unpaired) electrons. The molecule has 1 amide bonds. The second-order valence-electron chi connectivity index (χ2n) is 7.72. The maximum atomic E-state index is 13.0. The van der Waals surface area contributed by atoms with Crippen molar-refractivity contribution in [1.29, 1.82) is 0 Å². The zero-order valence-corrected chi connectivity index (χ0v) is 20.5. The third-order valence-corrected chi connectivity index (χ3v) is 5.82. The lowest BCUT2D eigenvalue weighted by molar-refractivity contribution is 0.0950. The first-order valence-corrected chi connectivity index (χ1v) is 12.0. The number of halogens is 1. The summed E-state index contributed by atoms with van der Waals surface area (Å²) in [5.74, 6) is 1.55. The highest BCUT2D eigenvalue weighted by Gasteiger charge is 2.19. The van der Waals surface area contributed by atoms with Crippen LogP contribution in [-0.2, 0) is 11.3 Å². The van der Waals surface area contributed by atoms with Crippen molar-refractivity contribution in [2.45, 2.75) is 20.4 Å². The van der Waals surface area contributed by atoms with E-state index in [1.165, 1.54) is 6.20 Å². The van der Waals surface area contributed by atoms with Gasteiger partial charge in [0, 0.05) is 37.0 Å². The van der Waals surface area contributed by atoms with Crippen molar-refractivity contribution in [3.05, 3.63) is 58.9 Å². The number of nitrogens with one attached hydrogen (secondary N) is 1. The van der Waals surface area contributed by atoms with E-state index in [0.717, 1.165) is 24.5 Å². The van der Waals surface area contributed by atoms with Crippen LogP contribution in [-0.4, -0.2) is 60.6 Å². The number of nitrogens with zero attached hydrogens (tertiary/aromatic N) is 4. The van der Waals surface area contributed by atoms with Gasteiger partial charge in [0.05, 0.1) is 43.9 Å². The quantitative estimate of drug-likeness (QED) is 0.477. The minimum absolute atomic E-state index is 0.270. The van der Waals surface area contributed by atoms with E-state index >= 15 is 0 Å². The summed E-state index contributed by atoms with van der Waals surface area (Å²) in [4.78, 5) is 19.7. The minimum atomic E-state index is -0.270. The molecule has 0 aliphatic carbocycles. The van der Waals surface area contributed by atoms with Gasteiger partial charge in [0.2, 0.25) is 0 Å². The number of amides is 1. The zero-order chi connectivity index (χ0) is 24.6. The fourth-order valence-corrected chi connectivity index (χ4v) is 4.09. The molecule has 0 bridgehead atoms. The number of ether oxygens (including phenoxy) is 3. The van der Waals surface area contributed by atoms with E-state index in [1.807, 2.05) is 26.0 Å². The number of morpholine rings is 1. The van der Waals surface area contributed by atoms with Gasteiger partial charge in [0.25, 0.3) is 5.91 Å². The molecule has 4 rings (SSSR count). The van der Waals surface area contributed by atoms with Crippen LogP contribution < -0.4 is 19.7 Å². The van der Waals surface area contributed by atoms with Crippen molar-refractivity contribution in [3.63, 3.8) is 0 Å². The molecular formula is C25H28ClN5O4. The van der Waals surface area contributed by atoms with E-state index in [-0.39, 0.29) is 5.91 Å². The van der Waals surface area contributed by atoms with Gasteiger partial charge in [-0.1, -0.05) is 17.7 Å². The van der Waals surface area contributed by atoms with Gasteiger partial charge >= 0.3 is 0 Å². The van der Waals surface area contributed by atoms with Gasteiger partial charge in [0.1, 0.15) is 16.6 Å². The van der Waals surface area contributed by atoms with Gasteiger partial charge in [-0.15, -0.1) is 0 Å². The molecule has 2 aromatic heterocycles. The van der Waals surface area contributed by atoms with Crippen LogP contribution in [0.15, 0.2) is 42.7 Å². The maximum absolute atomic E-state index is 13.0. The molecule has 1 fully saturated rings. The highest BCUT2D eigenvalue weighted by atomic mass is 35.5. The highest BCUT2D eigenvalue weighted by molar-refractivity contribution is 6.34. The Kier molecular flexibility index (Phi) is 8.33. The smallest absolute Gasteiger partial charge is 0.253 e. The van der Waals surface area contributed by atoms with Crippen molar-refractivity contribution < 1.29 is 19.0 Å².